The fourth-order valence-corrected chi connectivity index (χ4v) is 4.37. The van der Waals surface area contributed by atoms with Crippen molar-refractivity contribution < 1.29 is 0 Å². The standard InChI is InChI=1S/C22H22N4/c1-15-13-17-7-3-5-9-19(17)25(15)21-11-12-23-22(24-21)26-16(2)14-18-8-4-6-10-20(18)26/h3-12,15-16H,13-14H2,1-2H3. The highest BCUT2D eigenvalue weighted by atomic mass is 15.3. The first-order valence-corrected chi connectivity index (χ1v) is 9.29. The Kier molecular flexibility index (Phi) is 3.45. The van der Waals surface area contributed by atoms with E-state index in [0.29, 0.717) is 12.1 Å². The molecule has 0 bridgehead atoms. The third-order valence-electron chi connectivity index (χ3n) is 5.50. The zero-order valence-corrected chi connectivity index (χ0v) is 15.1. The van der Waals surface area contributed by atoms with Crippen molar-refractivity contribution in [3.63, 3.8) is 0 Å². The van der Waals surface area contributed by atoms with Gasteiger partial charge in [0.15, 0.2) is 0 Å². The molecule has 0 saturated heterocycles. The topological polar surface area (TPSA) is 32.3 Å². The first-order chi connectivity index (χ1) is 12.7. The second kappa shape index (κ2) is 5.84. The van der Waals surface area contributed by atoms with Gasteiger partial charge in [-0.2, -0.15) is 4.98 Å². The summed E-state index contributed by atoms with van der Waals surface area (Å²) in [7, 11) is 0. The highest BCUT2D eigenvalue weighted by molar-refractivity contribution is 5.71. The Labute approximate surface area is 154 Å². The molecule has 26 heavy (non-hydrogen) atoms. The van der Waals surface area contributed by atoms with Crippen LogP contribution in [-0.2, 0) is 12.8 Å². The van der Waals surface area contributed by atoms with E-state index in [4.69, 9.17) is 4.98 Å². The van der Waals surface area contributed by atoms with Crippen LogP contribution in [-0.4, -0.2) is 22.1 Å². The Morgan fingerprint density at radius 1 is 0.769 bits per heavy atom. The number of fused-ring (bicyclic) bond motifs is 2. The molecule has 2 aromatic carbocycles. The fourth-order valence-electron chi connectivity index (χ4n) is 4.37. The van der Waals surface area contributed by atoms with Gasteiger partial charge in [-0.1, -0.05) is 36.4 Å². The summed E-state index contributed by atoms with van der Waals surface area (Å²) >= 11 is 0. The normalized spacial score (nSPS) is 21.0. The summed E-state index contributed by atoms with van der Waals surface area (Å²) in [4.78, 5) is 14.2. The zero-order chi connectivity index (χ0) is 17.7. The van der Waals surface area contributed by atoms with Gasteiger partial charge in [0.1, 0.15) is 5.82 Å². The van der Waals surface area contributed by atoms with Gasteiger partial charge in [-0.05, 0) is 56.0 Å². The van der Waals surface area contributed by atoms with Gasteiger partial charge in [-0.25, -0.2) is 4.98 Å². The lowest BCUT2D eigenvalue weighted by molar-refractivity contribution is 0.727. The van der Waals surface area contributed by atoms with Crippen LogP contribution in [0.4, 0.5) is 23.1 Å². The van der Waals surface area contributed by atoms with E-state index in [9.17, 15) is 0 Å². The van der Waals surface area contributed by atoms with E-state index >= 15 is 0 Å². The minimum Gasteiger partial charge on any atom is -0.323 e. The highest BCUT2D eigenvalue weighted by Crippen LogP contribution is 2.40. The molecule has 1 aromatic heterocycles. The fraction of sp³-hybridized carbons (Fsp3) is 0.273. The maximum Gasteiger partial charge on any atom is 0.232 e. The van der Waals surface area contributed by atoms with Crippen LogP contribution in [0.1, 0.15) is 25.0 Å². The predicted octanol–water partition coefficient (Wildman–Crippen LogP) is 4.64. The van der Waals surface area contributed by atoms with Gasteiger partial charge in [0, 0.05) is 29.7 Å². The molecule has 0 aliphatic carbocycles. The number of para-hydroxylation sites is 2. The van der Waals surface area contributed by atoms with E-state index in [-0.39, 0.29) is 0 Å². The van der Waals surface area contributed by atoms with Crippen LogP contribution in [0.2, 0.25) is 0 Å². The lowest BCUT2D eigenvalue weighted by atomic mass is 10.1. The van der Waals surface area contributed by atoms with Gasteiger partial charge < -0.3 is 9.80 Å². The van der Waals surface area contributed by atoms with Gasteiger partial charge in [-0.3, -0.25) is 0 Å². The molecule has 0 amide bonds. The summed E-state index contributed by atoms with van der Waals surface area (Å²) < 4.78 is 0. The third kappa shape index (κ3) is 2.29. The van der Waals surface area contributed by atoms with Crippen LogP contribution in [0.15, 0.2) is 60.8 Å². The number of anilines is 4. The van der Waals surface area contributed by atoms with Crippen molar-refractivity contribution in [2.45, 2.75) is 38.8 Å². The first-order valence-electron chi connectivity index (χ1n) is 9.29. The number of rotatable bonds is 2. The lowest BCUT2D eigenvalue weighted by Gasteiger charge is -2.27. The Balaban J connectivity index is 1.57. The van der Waals surface area contributed by atoms with Crippen LogP contribution in [0.25, 0.3) is 0 Å². The molecule has 130 valence electrons. The summed E-state index contributed by atoms with van der Waals surface area (Å²) in [6, 6.07) is 20.0. The van der Waals surface area contributed by atoms with Gasteiger partial charge in [0.2, 0.25) is 5.95 Å². The van der Waals surface area contributed by atoms with Crippen molar-refractivity contribution in [1.82, 2.24) is 9.97 Å². The smallest absolute Gasteiger partial charge is 0.232 e. The number of nitrogens with zero attached hydrogens (tertiary/aromatic N) is 4. The molecule has 0 saturated carbocycles. The second-order valence-corrected chi connectivity index (χ2v) is 7.32. The Morgan fingerprint density at radius 3 is 2.04 bits per heavy atom. The molecule has 4 nitrogen and oxygen atoms in total. The van der Waals surface area contributed by atoms with E-state index in [1.165, 1.54) is 22.5 Å². The van der Waals surface area contributed by atoms with E-state index in [1.807, 2.05) is 12.3 Å². The molecule has 2 aliphatic heterocycles. The number of aromatic nitrogens is 2. The van der Waals surface area contributed by atoms with E-state index < -0.39 is 0 Å². The van der Waals surface area contributed by atoms with Crippen molar-refractivity contribution >= 4 is 23.1 Å². The van der Waals surface area contributed by atoms with Crippen molar-refractivity contribution in [3.05, 3.63) is 71.9 Å². The van der Waals surface area contributed by atoms with Crippen molar-refractivity contribution in [1.29, 1.82) is 0 Å². The van der Waals surface area contributed by atoms with Crippen molar-refractivity contribution in [2.24, 2.45) is 0 Å². The van der Waals surface area contributed by atoms with Crippen LogP contribution in [0.5, 0.6) is 0 Å². The predicted molar refractivity (Wildman–Crippen MR) is 106 cm³/mol. The molecular weight excluding hydrogens is 320 g/mol. The summed E-state index contributed by atoms with van der Waals surface area (Å²) in [5.74, 6) is 1.76. The molecule has 0 radical (unpaired) electrons. The zero-order valence-electron chi connectivity index (χ0n) is 15.1. The second-order valence-electron chi connectivity index (χ2n) is 7.32. The minimum atomic E-state index is 0.367. The Bertz CT molecular complexity index is 893. The van der Waals surface area contributed by atoms with Gasteiger partial charge in [-0.15, -0.1) is 0 Å². The molecule has 2 aliphatic rings. The Hall–Kier alpha value is -2.88. The van der Waals surface area contributed by atoms with Gasteiger partial charge in [0.25, 0.3) is 0 Å². The first kappa shape index (κ1) is 15.4. The average Bonchev–Trinajstić information content (AvgIpc) is 3.17. The number of benzene rings is 2. The molecule has 0 spiro atoms. The molecule has 0 N–H and O–H groups in total. The summed E-state index contributed by atoms with van der Waals surface area (Å²) in [5, 5.41) is 0. The molecule has 0 fully saturated rings. The van der Waals surface area contributed by atoms with Gasteiger partial charge in [0.05, 0.1) is 0 Å². The lowest BCUT2D eigenvalue weighted by Crippen LogP contribution is -2.28. The molecular formula is C22H22N4. The number of hydrogen-bond donors (Lipinski definition) is 0. The summed E-state index contributed by atoms with van der Waals surface area (Å²) in [5.41, 5.74) is 5.25. The summed E-state index contributed by atoms with van der Waals surface area (Å²) in [6.45, 7) is 4.50. The largest absolute Gasteiger partial charge is 0.323 e. The SMILES string of the molecule is CC1Cc2ccccc2N1c1ccnc(N2c3ccccc3CC2C)n1. The molecule has 4 heteroatoms. The summed E-state index contributed by atoms with van der Waals surface area (Å²) in [6.07, 6.45) is 3.98. The molecule has 3 aromatic rings. The Morgan fingerprint density at radius 2 is 1.35 bits per heavy atom. The van der Waals surface area contributed by atoms with E-state index in [1.54, 1.807) is 0 Å². The maximum atomic E-state index is 4.98. The van der Waals surface area contributed by atoms with Crippen LogP contribution in [0.3, 0.4) is 0 Å². The van der Waals surface area contributed by atoms with E-state index in [2.05, 4.69) is 77.2 Å². The van der Waals surface area contributed by atoms with Crippen LogP contribution >= 0.6 is 0 Å². The monoisotopic (exact) mass is 342 g/mol. The molecule has 3 heterocycles. The average molecular weight is 342 g/mol. The number of hydrogen-bond acceptors (Lipinski definition) is 4. The van der Waals surface area contributed by atoms with E-state index in [0.717, 1.165) is 24.6 Å². The van der Waals surface area contributed by atoms with Crippen LogP contribution in [0, 0.1) is 0 Å². The molecule has 5 rings (SSSR count). The molecule has 2 unspecified atom stereocenters. The van der Waals surface area contributed by atoms with Crippen molar-refractivity contribution in [2.75, 3.05) is 9.80 Å². The third-order valence-corrected chi connectivity index (χ3v) is 5.50. The quantitative estimate of drug-likeness (QED) is 0.679. The van der Waals surface area contributed by atoms with Gasteiger partial charge >= 0.3 is 0 Å². The van der Waals surface area contributed by atoms with Crippen LogP contribution < -0.4 is 9.80 Å². The van der Waals surface area contributed by atoms with Crippen molar-refractivity contribution in [3.8, 4) is 0 Å². The minimum absolute atomic E-state index is 0.367. The maximum absolute atomic E-state index is 4.98. The molecule has 2 atom stereocenters. The highest BCUT2D eigenvalue weighted by Gasteiger charge is 2.31.